The second-order valence-electron chi connectivity index (χ2n) is 14.1. The van der Waals surface area contributed by atoms with E-state index in [1.165, 1.54) is 0 Å². The van der Waals surface area contributed by atoms with Crippen LogP contribution in [0.3, 0.4) is 0 Å². The fourth-order valence-electron chi connectivity index (χ4n) is 4.33. The third-order valence-corrected chi connectivity index (χ3v) is 9.06. The maximum Gasteiger partial charge on any atom is 0.335 e. The monoisotopic (exact) mass is 663 g/mol. The zero-order valence-corrected chi connectivity index (χ0v) is 30.3. The van der Waals surface area contributed by atoms with Crippen LogP contribution in [0.4, 0.5) is 5.69 Å². The summed E-state index contributed by atoms with van der Waals surface area (Å²) in [5.41, 5.74) is 4.62. The van der Waals surface area contributed by atoms with Crippen molar-refractivity contribution in [2.75, 3.05) is 5.32 Å². The molecule has 9 nitrogen and oxygen atoms in total. The fraction of sp³-hybridized carbons (Fsp3) is 0.429. The van der Waals surface area contributed by atoms with Crippen molar-refractivity contribution in [3.8, 4) is 22.5 Å². The molecule has 0 bridgehead atoms. The average molecular weight is 664 g/mol. The number of rotatable bonds is 11. The van der Waals surface area contributed by atoms with Gasteiger partial charge in [-0.15, -0.1) is 16.9 Å². The minimum atomic E-state index is -1.68. The Hall–Kier alpha value is -3.14. The van der Waals surface area contributed by atoms with Crippen molar-refractivity contribution in [3.05, 3.63) is 77.9 Å². The Morgan fingerprint density at radius 1 is 0.870 bits per heavy atom. The largest absolute Gasteiger partial charge is 0.335 e. The summed E-state index contributed by atoms with van der Waals surface area (Å²) < 4.78 is 19.8. The van der Waals surface area contributed by atoms with E-state index in [1.54, 1.807) is 16.4 Å². The molecule has 1 N–H and O–H groups in total. The summed E-state index contributed by atoms with van der Waals surface area (Å²) in [6.45, 7) is 20.3. The number of carbonyl (C=O) groups excluding carboxylic acids is 1. The van der Waals surface area contributed by atoms with E-state index in [-0.39, 0.29) is 23.8 Å². The molecule has 0 saturated carbocycles. The lowest BCUT2D eigenvalue weighted by Gasteiger charge is -2.30. The second-order valence-corrected chi connectivity index (χ2v) is 17.0. The van der Waals surface area contributed by atoms with Gasteiger partial charge in [-0.2, -0.15) is 4.68 Å². The average Bonchev–Trinajstić information content (AvgIpc) is 3.40. The number of aromatic nitrogens is 4. The number of nitrogens with one attached hydrogen (secondary N) is 1. The summed E-state index contributed by atoms with van der Waals surface area (Å²) in [6.07, 6.45) is 0.288. The Bertz CT molecular complexity index is 1610. The van der Waals surface area contributed by atoms with Gasteiger partial charge in [0, 0.05) is 15.2 Å². The van der Waals surface area contributed by atoms with Crippen LogP contribution in [0.2, 0.25) is 0 Å². The Morgan fingerprint density at radius 3 is 2.11 bits per heavy atom. The first-order valence-electron chi connectivity index (χ1n) is 15.3. The van der Waals surface area contributed by atoms with Crippen molar-refractivity contribution < 1.29 is 18.4 Å². The van der Waals surface area contributed by atoms with Gasteiger partial charge in [0.25, 0.3) is 0 Å². The number of anilines is 1. The molecule has 0 saturated heterocycles. The van der Waals surface area contributed by atoms with Crippen molar-refractivity contribution in [3.63, 3.8) is 0 Å². The number of hydrogen-bond donors (Lipinski definition) is 1. The van der Waals surface area contributed by atoms with E-state index in [0.29, 0.717) is 5.82 Å². The standard InChI is InChI=1S/C35H46N5O4PS/c1-24-15-17-25(18-16-24)21-31(41)36-29-22-26(19-20-30(29)46-35(8,9)10)27-13-11-12-14-28(27)32-37-38-39-40(32)23-42-45(43-33(2,3)4)44-34(5,6)7/h11-20,22H,21,23H2,1-10H3,(H,36,41). The summed E-state index contributed by atoms with van der Waals surface area (Å²) >= 11 is 1.71. The summed E-state index contributed by atoms with van der Waals surface area (Å²) in [5, 5.41) is 15.7. The van der Waals surface area contributed by atoms with E-state index >= 15 is 0 Å². The Balaban J connectivity index is 1.64. The van der Waals surface area contributed by atoms with Crippen molar-refractivity contribution >= 4 is 32.0 Å². The molecule has 0 aliphatic carbocycles. The first-order valence-corrected chi connectivity index (χ1v) is 17.2. The molecule has 1 aromatic heterocycles. The zero-order valence-electron chi connectivity index (χ0n) is 28.5. The minimum Gasteiger partial charge on any atom is -0.325 e. The van der Waals surface area contributed by atoms with E-state index in [4.69, 9.17) is 13.6 Å². The van der Waals surface area contributed by atoms with Gasteiger partial charge in [-0.1, -0.05) is 80.9 Å². The first-order chi connectivity index (χ1) is 21.5. The Morgan fingerprint density at radius 2 is 1.50 bits per heavy atom. The van der Waals surface area contributed by atoms with Crippen LogP contribution in [-0.4, -0.2) is 42.1 Å². The molecule has 0 unspecified atom stereocenters. The molecule has 0 radical (unpaired) electrons. The van der Waals surface area contributed by atoms with Crippen LogP contribution in [0.1, 0.15) is 73.4 Å². The Kier molecular flexibility index (Phi) is 11.4. The first kappa shape index (κ1) is 35.7. The van der Waals surface area contributed by atoms with Crippen LogP contribution in [-0.2, 0) is 31.5 Å². The maximum absolute atomic E-state index is 13.2. The van der Waals surface area contributed by atoms with Crippen molar-refractivity contribution in [2.45, 2.75) is 103 Å². The van der Waals surface area contributed by atoms with Crippen molar-refractivity contribution in [1.82, 2.24) is 20.2 Å². The number of tetrazole rings is 1. The number of nitrogens with zero attached hydrogens (tertiary/aromatic N) is 4. The van der Waals surface area contributed by atoms with Gasteiger partial charge in [-0.25, -0.2) is 0 Å². The summed E-state index contributed by atoms with van der Waals surface area (Å²) in [7, 11) is -1.68. The van der Waals surface area contributed by atoms with Gasteiger partial charge in [0.1, 0.15) is 0 Å². The molecule has 46 heavy (non-hydrogen) atoms. The van der Waals surface area contributed by atoms with E-state index < -0.39 is 19.8 Å². The predicted octanol–water partition coefficient (Wildman–Crippen LogP) is 9.22. The maximum atomic E-state index is 13.2. The van der Waals surface area contributed by atoms with Crippen LogP contribution in [0.15, 0.2) is 71.6 Å². The highest BCUT2D eigenvalue weighted by Gasteiger charge is 2.28. The number of hydrogen-bond acceptors (Lipinski definition) is 8. The molecule has 1 heterocycles. The second kappa shape index (κ2) is 14.7. The molecule has 11 heteroatoms. The normalized spacial score (nSPS) is 12.5. The number of carbonyl (C=O) groups is 1. The highest BCUT2D eigenvalue weighted by molar-refractivity contribution is 8.00. The van der Waals surface area contributed by atoms with Crippen LogP contribution >= 0.6 is 20.4 Å². The van der Waals surface area contributed by atoms with Gasteiger partial charge < -0.3 is 14.4 Å². The molecule has 0 aliphatic rings. The topological polar surface area (TPSA) is 100 Å². The number of benzene rings is 3. The Labute approximate surface area is 278 Å². The molecular weight excluding hydrogens is 617 g/mol. The molecule has 4 rings (SSSR count). The summed E-state index contributed by atoms with van der Waals surface area (Å²) in [6, 6.07) is 22.1. The molecular formula is C35H46N5O4PS. The van der Waals surface area contributed by atoms with Gasteiger partial charge in [0.05, 0.1) is 23.3 Å². The van der Waals surface area contributed by atoms with Gasteiger partial charge in [0.15, 0.2) is 12.6 Å². The lowest BCUT2D eigenvalue weighted by Crippen LogP contribution is -2.23. The molecule has 3 aromatic carbocycles. The quantitative estimate of drug-likeness (QED) is 0.125. The van der Waals surface area contributed by atoms with Gasteiger partial charge in [0.2, 0.25) is 5.91 Å². The van der Waals surface area contributed by atoms with Crippen molar-refractivity contribution in [1.29, 1.82) is 0 Å². The lowest BCUT2D eigenvalue weighted by atomic mass is 9.98. The van der Waals surface area contributed by atoms with Crippen LogP contribution in [0.25, 0.3) is 22.5 Å². The fourth-order valence-corrected chi connectivity index (χ4v) is 6.59. The smallest absolute Gasteiger partial charge is 0.325 e. The lowest BCUT2D eigenvalue weighted by molar-refractivity contribution is -0.115. The van der Waals surface area contributed by atoms with E-state index in [1.807, 2.05) is 103 Å². The minimum absolute atomic E-state index is 0.0377. The van der Waals surface area contributed by atoms with E-state index in [0.717, 1.165) is 38.4 Å². The van der Waals surface area contributed by atoms with Gasteiger partial charge >= 0.3 is 8.60 Å². The summed E-state index contributed by atoms with van der Waals surface area (Å²) in [4.78, 5) is 14.2. The van der Waals surface area contributed by atoms with Crippen LogP contribution in [0.5, 0.6) is 0 Å². The number of amides is 1. The van der Waals surface area contributed by atoms with Gasteiger partial charge in [-0.05, 0) is 87.7 Å². The highest BCUT2D eigenvalue weighted by atomic mass is 32.2. The molecule has 4 aromatic rings. The summed E-state index contributed by atoms with van der Waals surface area (Å²) in [5.74, 6) is 0.466. The molecule has 246 valence electrons. The molecule has 0 fully saturated rings. The van der Waals surface area contributed by atoms with Crippen molar-refractivity contribution in [2.24, 2.45) is 0 Å². The third-order valence-electron chi connectivity index (χ3n) is 6.15. The van der Waals surface area contributed by atoms with E-state index in [2.05, 4.69) is 53.7 Å². The number of aryl methyl sites for hydroxylation is 1. The van der Waals surface area contributed by atoms with Crippen LogP contribution in [0, 0.1) is 6.92 Å². The SMILES string of the molecule is Cc1ccc(CC(=O)Nc2cc(-c3ccccc3-c3nnnn3COP(OC(C)(C)C)OC(C)(C)C)ccc2SC(C)(C)C)cc1. The zero-order chi connectivity index (χ0) is 33.7. The molecule has 0 atom stereocenters. The molecule has 0 aliphatic heterocycles. The third kappa shape index (κ3) is 11.0. The molecule has 1 amide bonds. The molecule has 0 spiro atoms. The highest BCUT2D eigenvalue weighted by Crippen LogP contribution is 2.48. The van der Waals surface area contributed by atoms with Crippen LogP contribution < -0.4 is 5.32 Å². The van der Waals surface area contributed by atoms with Gasteiger partial charge in [-0.3, -0.25) is 9.32 Å². The number of thioether (sulfide) groups is 1. The predicted molar refractivity (Wildman–Crippen MR) is 187 cm³/mol. The van der Waals surface area contributed by atoms with E-state index in [9.17, 15) is 4.79 Å².